The van der Waals surface area contributed by atoms with E-state index in [1.165, 1.54) is 0 Å². The van der Waals surface area contributed by atoms with E-state index in [0.717, 1.165) is 36.3 Å². The number of nitrogens with one attached hydrogen (secondary N) is 1. The van der Waals surface area contributed by atoms with Gasteiger partial charge in [0.2, 0.25) is 0 Å². The molecule has 0 bridgehead atoms. The fraction of sp³-hybridized carbons (Fsp3) is 0.429. The van der Waals surface area contributed by atoms with Crippen LogP contribution in [0.2, 0.25) is 0 Å². The summed E-state index contributed by atoms with van der Waals surface area (Å²) in [6, 6.07) is 6.01. The van der Waals surface area contributed by atoms with Crippen molar-refractivity contribution in [3.8, 4) is 0 Å². The highest BCUT2D eigenvalue weighted by Crippen LogP contribution is 2.26. The Bertz CT molecular complexity index is 765. The summed E-state index contributed by atoms with van der Waals surface area (Å²) in [6.07, 6.45) is 5.31. The van der Waals surface area contributed by atoms with Gasteiger partial charge in [0.25, 0.3) is 0 Å². The van der Waals surface area contributed by atoms with E-state index in [2.05, 4.69) is 29.8 Å². The molecule has 0 spiro atoms. The van der Waals surface area contributed by atoms with Gasteiger partial charge in [-0.15, -0.1) is 0 Å². The first-order valence-corrected chi connectivity index (χ1v) is 9.46. The van der Waals surface area contributed by atoms with Crippen LogP contribution in [0.15, 0.2) is 46.8 Å². The third kappa shape index (κ3) is 5.44. The molecular formula is C21H30N4O2. The van der Waals surface area contributed by atoms with Gasteiger partial charge in [0, 0.05) is 24.9 Å². The second kappa shape index (κ2) is 9.92. The number of anilines is 1. The van der Waals surface area contributed by atoms with E-state index in [1.807, 2.05) is 19.1 Å². The number of hydrogen-bond acceptors (Lipinski definition) is 6. The molecule has 1 aromatic carbocycles. The van der Waals surface area contributed by atoms with Crippen molar-refractivity contribution in [2.75, 3.05) is 31.2 Å². The van der Waals surface area contributed by atoms with Crippen molar-refractivity contribution in [2.45, 2.75) is 33.6 Å². The summed E-state index contributed by atoms with van der Waals surface area (Å²) < 4.78 is 5.70. The van der Waals surface area contributed by atoms with E-state index >= 15 is 0 Å². The predicted octanol–water partition coefficient (Wildman–Crippen LogP) is 3.46. The van der Waals surface area contributed by atoms with Gasteiger partial charge in [-0.2, -0.15) is 0 Å². The molecule has 1 aliphatic rings. The van der Waals surface area contributed by atoms with E-state index in [9.17, 15) is 5.11 Å². The van der Waals surface area contributed by atoms with Crippen molar-refractivity contribution in [3.05, 3.63) is 47.4 Å². The van der Waals surface area contributed by atoms with Crippen LogP contribution < -0.4 is 10.6 Å². The fourth-order valence-corrected chi connectivity index (χ4v) is 2.81. The second-order valence-electron chi connectivity index (χ2n) is 6.50. The van der Waals surface area contributed by atoms with Gasteiger partial charge in [0.15, 0.2) is 0 Å². The zero-order chi connectivity index (χ0) is 19.8. The number of allylic oxidation sites excluding steroid dienone is 2. The monoisotopic (exact) mass is 370 g/mol. The predicted molar refractivity (Wildman–Crippen MR) is 112 cm³/mol. The van der Waals surface area contributed by atoms with Gasteiger partial charge >= 0.3 is 0 Å². The zero-order valence-corrected chi connectivity index (χ0v) is 16.5. The van der Waals surface area contributed by atoms with Crippen LogP contribution in [0.3, 0.4) is 0 Å². The topological polar surface area (TPSA) is 94.9 Å². The number of aliphatic hydroxyl groups excluding tert-OH is 1. The minimum Gasteiger partial charge on any atom is -0.491 e. The van der Waals surface area contributed by atoms with Crippen molar-refractivity contribution >= 4 is 22.8 Å². The van der Waals surface area contributed by atoms with Crippen LogP contribution in [0.25, 0.3) is 0 Å². The Hall–Kier alpha value is -2.60. The van der Waals surface area contributed by atoms with Crippen LogP contribution >= 0.6 is 0 Å². The first-order chi connectivity index (χ1) is 13.0. The summed E-state index contributed by atoms with van der Waals surface area (Å²) in [5, 5.41) is 17.2. The number of rotatable bonds is 9. The molecule has 0 atom stereocenters. The number of unbranched alkanes of at least 4 members (excludes halogenated alkanes) is 1. The first kappa shape index (κ1) is 20.7. The van der Waals surface area contributed by atoms with Gasteiger partial charge < -0.3 is 20.5 Å². The van der Waals surface area contributed by atoms with Gasteiger partial charge in [0.1, 0.15) is 5.76 Å². The Balaban J connectivity index is 2.27. The molecule has 146 valence electrons. The molecule has 0 saturated carbocycles. The van der Waals surface area contributed by atoms with Crippen molar-refractivity contribution in [1.29, 1.82) is 5.41 Å². The SMILES string of the molecule is CCCCOC1=C/C(=N/c2ccc(N(CC)CCO)cc2C)C(N)=CC1=N. The van der Waals surface area contributed by atoms with Crippen molar-refractivity contribution in [1.82, 2.24) is 0 Å². The largest absolute Gasteiger partial charge is 0.491 e. The lowest BCUT2D eigenvalue weighted by Crippen LogP contribution is -2.26. The lowest BCUT2D eigenvalue weighted by atomic mass is 10.1. The Morgan fingerprint density at radius 1 is 1.26 bits per heavy atom. The summed E-state index contributed by atoms with van der Waals surface area (Å²) in [6.45, 7) is 8.29. The van der Waals surface area contributed by atoms with E-state index in [0.29, 0.717) is 30.3 Å². The smallest absolute Gasteiger partial charge is 0.146 e. The van der Waals surface area contributed by atoms with E-state index in [-0.39, 0.29) is 12.3 Å². The summed E-state index contributed by atoms with van der Waals surface area (Å²) in [5.41, 5.74) is 10.3. The highest BCUT2D eigenvalue weighted by molar-refractivity contribution is 6.22. The van der Waals surface area contributed by atoms with Crippen LogP contribution in [0.5, 0.6) is 0 Å². The summed E-state index contributed by atoms with van der Waals surface area (Å²) >= 11 is 0. The van der Waals surface area contributed by atoms with Crippen molar-refractivity contribution in [2.24, 2.45) is 10.7 Å². The molecule has 0 saturated heterocycles. The maximum atomic E-state index is 9.20. The summed E-state index contributed by atoms with van der Waals surface area (Å²) in [5.74, 6) is 0.505. The van der Waals surface area contributed by atoms with Crippen molar-refractivity contribution in [3.63, 3.8) is 0 Å². The van der Waals surface area contributed by atoms with Gasteiger partial charge in [-0.05, 0) is 50.1 Å². The van der Waals surface area contributed by atoms with E-state index in [4.69, 9.17) is 15.9 Å². The van der Waals surface area contributed by atoms with E-state index in [1.54, 1.807) is 12.2 Å². The number of aliphatic imine (C=N–C) groups is 1. The maximum absolute atomic E-state index is 9.20. The second-order valence-corrected chi connectivity index (χ2v) is 6.50. The standard InChI is InChI=1S/C21H30N4O2/c1-4-6-11-27-21-14-20(17(22)13-18(21)23)24-19-8-7-16(12-15(19)3)25(5-2)9-10-26/h7-8,12-14,23,26H,4-6,9-11,22H2,1-3H3/b23-18?,24-20-. The molecule has 0 aromatic heterocycles. The third-order valence-corrected chi connectivity index (χ3v) is 4.42. The Kier molecular flexibility index (Phi) is 7.61. The minimum absolute atomic E-state index is 0.121. The number of nitrogens with zero attached hydrogens (tertiary/aromatic N) is 2. The molecule has 0 radical (unpaired) electrons. The lowest BCUT2D eigenvalue weighted by molar-refractivity contribution is 0.226. The van der Waals surface area contributed by atoms with Crippen LogP contribution in [0.4, 0.5) is 11.4 Å². The molecule has 4 N–H and O–H groups in total. The number of aliphatic hydroxyl groups is 1. The quantitative estimate of drug-likeness (QED) is 0.458. The van der Waals surface area contributed by atoms with Gasteiger partial charge in [-0.3, -0.25) is 5.41 Å². The number of aryl methyl sites for hydroxylation is 1. The molecule has 0 heterocycles. The average molecular weight is 370 g/mol. The number of hydrogen-bond donors (Lipinski definition) is 3. The maximum Gasteiger partial charge on any atom is 0.146 e. The van der Waals surface area contributed by atoms with Crippen LogP contribution in [-0.4, -0.2) is 42.8 Å². The molecule has 0 fully saturated rings. The molecule has 27 heavy (non-hydrogen) atoms. The molecular weight excluding hydrogens is 340 g/mol. The third-order valence-electron chi connectivity index (χ3n) is 4.42. The van der Waals surface area contributed by atoms with E-state index < -0.39 is 0 Å². The highest BCUT2D eigenvalue weighted by atomic mass is 16.5. The Morgan fingerprint density at radius 3 is 2.67 bits per heavy atom. The number of likely N-dealkylation sites (N-methyl/N-ethyl adjacent to an activating group) is 1. The normalized spacial score (nSPS) is 15.6. The number of ether oxygens (including phenoxy) is 1. The van der Waals surface area contributed by atoms with Gasteiger partial charge in [0.05, 0.1) is 36.0 Å². The molecule has 1 aliphatic carbocycles. The molecule has 6 heteroatoms. The zero-order valence-electron chi connectivity index (χ0n) is 16.5. The summed E-state index contributed by atoms with van der Waals surface area (Å²) in [7, 11) is 0. The molecule has 0 unspecified atom stereocenters. The Labute approximate surface area is 161 Å². The number of nitrogens with two attached hydrogens (primary N) is 1. The minimum atomic E-state index is 0.121. The highest BCUT2D eigenvalue weighted by Gasteiger charge is 2.16. The fourth-order valence-electron chi connectivity index (χ4n) is 2.81. The van der Waals surface area contributed by atoms with Crippen LogP contribution in [-0.2, 0) is 4.74 Å². The first-order valence-electron chi connectivity index (χ1n) is 9.46. The molecule has 1 aromatic rings. The molecule has 6 nitrogen and oxygen atoms in total. The molecule has 0 amide bonds. The Morgan fingerprint density at radius 2 is 2.04 bits per heavy atom. The van der Waals surface area contributed by atoms with Gasteiger partial charge in [-0.25, -0.2) is 4.99 Å². The van der Waals surface area contributed by atoms with Gasteiger partial charge in [-0.1, -0.05) is 13.3 Å². The molecule has 2 rings (SSSR count). The van der Waals surface area contributed by atoms with Crippen LogP contribution in [0.1, 0.15) is 32.3 Å². The molecule has 0 aliphatic heterocycles. The lowest BCUT2D eigenvalue weighted by Gasteiger charge is -2.22. The van der Waals surface area contributed by atoms with Crippen molar-refractivity contribution < 1.29 is 9.84 Å². The summed E-state index contributed by atoms with van der Waals surface area (Å²) in [4.78, 5) is 6.80. The number of benzene rings is 1. The van der Waals surface area contributed by atoms with Crippen LogP contribution in [0, 0.1) is 12.3 Å². The average Bonchev–Trinajstić information content (AvgIpc) is 2.64.